The number of nitrogens with one attached hydrogen (secondary N) is 2. The van der Waals surface area contributed by atoms with Crippen LogP contribution in [0, 0.1) is 0 Å². The fourth-order valence-corrected chi connectivity index (χ4v) is 3.29. The van der Waals surface area contributed by atoms with Crippen molar-refractivity contribution in [3.63, 3.8) is 0 Å². The molecule has 1 aromatic heterocycles. The number of hydrogen-bond donors (Lipinski definition) is 2. The molecule has 4 rings (SSSR count). The van der Waals surface area contributed by atoms with Crippen molar-refractivity contribution >= 4 is 28.7 Å². The highest BCUT2D eigenvalue weighted by Gasteiger charge is 2.13. The summed E-state index contributed by atoms with van der Waals surface area (Å²) in [7, 11) is 1.62. The second kappa shape index (κ2) is 8.89. The quantitative estimate of drug-likeness (QED) is 0.631. The maximum atomic E-state index is 12.3. The molecule has 1 amide bonds. The minimum absolute atomic E-state index is 0.194. The summed E-state index contributed by atoms with van der Waals surface area (Å²) in [5, 5.41) is 2.89. The number of nitrogens with zero attached hydrogens (tertiary/aromatic N) is 2. The first-order valence-electron chi connectivity index (χ1n) is 9.61. The van der Waals surface area contributed by atoms with Crippen molar-refractivity contribution in [2.75, 3.05) is 38.7 Å². The number of hydrogen-bond acceptors (Lipinski definition) is 5. The third-order valence-electron chi connectivity index (χ3n) is 4.80. The topological polar surface area (TPSA) is 79.5 Å². The van der Waals surface area contributed by atoms with Crippen LogP contribution in [-0.4, -0.2) is 54.2 Å². The van der Waals surface area contributed by atoms with Gasteiger partial charge < -0.3 is 19.8 Å². The number of carbonyl (C=O) groups is 1. The first kappa shape index (κ1) is 19.2. The smallest absolute Gasteiger partial charge is 0.248 e. The highest BCUT2D eigenvalue weighted by atomic mass is 16.5. The molecule has 1 saturated heterocycles. The summed E-state index contributed by atoms with van der Waals surface area (Å²) < 4.78 is 10.6. The molecule has 1 aliphatic rings. The summed E-state index contributed by atoms with van der Waals surface area (Å²) in [5.41, 5.74) is 3.41. The van der Waals surface area contributed by atoms with Crippen LogP contribution in [0.1, 0.15) is 11.4 Å². The number of amides is 1. The molecule has 0 spiro atoms. The number of ether oxygens (including phenoxy) is 2. The Morgan fingerprint density at radius 1 is 1.28 bits per heavy atom. The van der Waals surface area contributed by atoms with E-state index in [2.05, 4.69) is 20.2 Å². The average molecular weight is 392 g/mol. The molecule has 3 aromatic rings. The van der Waals surface area contributed by atoms with Crippen LogP contribution in [-0.2, 0) is 16.1 Å². The molecule has 0 atom stereocenters. The van der Waals surface area contributed by atoms with E-state index in [-0.39, 0.29) is 5.91 Å². The molecule has 0 aliphatic carbocycles. The SMILES string of the molecule is COc1cccc(C=CC(=O)Nc2ccc3nc(CN4CCOCC4)[nH]c3c2)c1. The van der Waals surface area contributed by atoms with Gasteiger partial charge in [0.05, 0.1) is 37.9 Å². The van der Waals surface area contributed by atoms with Crippen LogP contribution in [0.4, 0.5) is 5.69 Å². The number of aromatic nitrogens is 2. The van der Waals surface area contributed by atoms with Crippen LogP contribution >= 0.6 is 0 Å². The third kappa shape index (κ3) is 5.01. The molecule has 0 radical (unpaired) electrons. The zero-order valence-corrected chi connectivity index (χ0v) is 16.4. The van der Waals surface area contributed by atoms with Crippen LogP contribution in [0.3, 0.4) is 0 Å². The molecule has 1 aliphatic heterocycles. The largest absolute Gasteiger partial charge is 0.497 e. The van der Waals surface area contributed by atoms with Gasteiger partial charge in [0.1, 0.15) is 11.6 Å². The number of H-pyrrole nitrogens is 1. The molecular formula is C22H24N4O3. The van der Waals surface area contributed by atoms with Gasteiger partial charge in [-0.15, -0.1) is 0 Å². The van der Waals surface area contributed by atoms with Crippen LogP contribution in [0.15, 0.2) is 48.5 Å². The minimum atomic E-state index is -0.194. The molecule has 0 unspecified atom stereocenters. The molecule has 0 saturated carbocycles. The molecule has 1 fully saturated rings. The zero-order chi connectivity index (χ0) is 20.1. The van der Waals surface area contributed by atoms with Gasteiger partial charge in [0.2, 0.25) is 5.91 Å². The average Bonchev–Trinajstić information content (AvgIpc) is 3.14. The molecule has 7 heteroatoms. The van der Waals surface area contributed by atoms with Gasteiger partial charge in [-0.1, -0.05) is 12.1 Å². The van der Waals surface area contributed by atoms with Gasteiger partial charge in [0, 0.05) is 24.9 Å². The van der Waals surface area contributed by atoms with E-state index in [1.165, 1.54) is 6.08 Å². The van der Waals surface area contributed by atoms with E-state index in [1.807, 2.05) is 42.5 Å². The van der Waals surface area contributed by atoms with Crippen molar-refractivity contribution in [2.45, 2.75) is 6.54 Å². The second-order valence-electron chi connectivity index (χ2n) is 6.90. The fourth-order valence-electron chi connectivity index (χ4n) is 3.29. The number of benzene rings is 2. The maximum Gasteiger partial charge on any atom is 0.248 e. The molecule has 7 nitrogen and oxygen atoms in total. The molecule has 0 bridgehead atoms. The summed E-state index contributed by atoms with van der Waals surface area (Å²) >= 11 is 0. The molecule has 2 heterocycles. The lowest BCUT2D eigenvalue weighted by molar-refractivity contribution is -0.111. The highest BCUT2D eigenvalue weighted by molar-refractivity contribution is 6.02. The molecule has 2 aromatic carbocycles. The number of fused-ring (bicyclic) bond motifs is 1. The Morgan fingerprint density at radius 3 is 2.97 bits per heavy atom. The first-order chi connectivity index (χ1) is 14.2. The number of imidazole rings is 1. The van der Waals surface area contributed by atoms with Gasteiger partial charge in [0.25, 0.3) is 0 Å². The highest BCUT2D eigenvalue weighted by Crippen LogP contribution is 2.19. The van der Waals surface area contributed by atoms with Crippen LogP contribution in [0.2, 0.25) is 0 Å². The first-order valence-corrected chi connectivity index (χ1v) is 9.61. The predicted molar refractivity (Wildman–Crippen MR) is 113 cm³/mol. The number of rotatable bonds is 6. The van der Waals surface area contributed by atoms with Gasteiger partial charge >= 0.3 is 0 Å². The van der Waals surface area contributed by atoms with E-state index in [4.69, 9.17) is 9.47 Å². The molecule has 29 heavy (non-hydrogen) atoms. The van der Waals surface area contributed by atoms with Crippen molar-refractivity contribution in [3.05, 3.63) is 59.9 Å². The van der Waals surface area contributed by atoms with E-state index in [1.54, 1.807) is 13.2 Å². The maximum absolute atomic E-state index is 12.3. The Hall–Kier alpha value is -3.16. The van der Waals surface area contributed by atoms with Crippen molar-refractivity contribution in [1.82, 2.24) is 14.9 Å². The van der Waals surface area contributed by atoms with Crippen LogP contribution in [0.5, 0.6) is 5.75 Å². The molecule has 2 N–H and O–H groups in total. The molecule has 150 valence electrons. The van der Waals surface area contributed by atoms with Crippen molar-refractivity contribution < 1.29 is 14.3 Å². The summed E-state index contributed by atoms with van der Waals surface area (Å²) in [6.07, 6.45) is 3.27. The zero-order valence-electron chi connectivity index (χ0n) is 16.4. The van der Waals surface area contributed by atoms with E-state index in [9.17, 15) is 4.79 Å². The number of carbonyl (C=O) groups excluding carboxylic acids is 1. The minimum Gasteiger partial charge on any atom is -0.497 e. The third-order valence-corrected chi connectivity index (χ3v) is 4.80. The summed E-state index contributed by atoms with van der Waals surface area (Å²) in [6.45, 7) is 4.12. The summed E-state index contributed by atoms with van der Waals surface area (Å²) in [5.74, 6) is 1.48. The standard InChI is InChI=1S/C22H24N4O3/c1-28-18-4-2-3-16(13-18)5-8-22(27)23-17-6-7-19-20(14-17)25-21(24-19)15-26-9-11-29-12-10-26/h2-8,13-14H,9-12,15H2,1H3,(H,23,27)(H,24,25). The monoisotopic (exact) mass is 392 g/mol. The van der Waals surface area contributed by atoms with Crippen molar-refractivity contribution in [1.29, 1.82) is 0 Å². The van der Waals surface area contributed by atoms with Crippen molar-refractivity contribution in [2.24, 2.45) is 0 Å². The Bertz CT molecular complexity index is 1020. The van der Waals surface area contributed by atoms with Gasteiger partial charge in [-0.3, -0.25) is 9.69 Å². The summed E-state index contributed by atoms with van der Waals surface area (Å²) in [4.78, 5) is 22.6. The second-order valence-corrected chi connectivity index (χ2v) is 6.90. The van der Waals surface area contributed by atoms with Gasteiger partial charge in [-0.05, 0) is 42.0 Å². The Morgan fingerprint density at radius 2 is 2.14 bits per heavy atom. The lowest BCUT2D eigenvalue weighted by atomic mass is 10.2. The van der Waals surface area contributed by atoms with E-state index >= 15 is 0 Å². The van der Waals surface area contributed by atoms with E-state index < -0.39 is 0 Å². The Labute approximate surface area is 169 Å². The number of aromatic amines is 1. The Kier molecular flexibility index (Phi) is 5.88. The summed E-state index contributed by atoms with van der Waals surface area (Å²) in [6, 6.07) is 13.2. The lowest BCUT2D eigenvalue weighted by Gasteiger charge is -2.25. The van der Waals surface area contributed by atoms with Crippen LogP contribution in [0.25, 0.3) is 17.1 Å². The fraction of sp³-hybridized carbons (Fsp3) is 0.273. The van der Waals surface area contributed by atoms with E-state index in [0.717, 1.165) is 66.7 Å². The van der Waals surface area contributed by atoms with Gasteiger partial charge in [-0.2, -0.15) is 0 Å². The normalized spacial score (nSPS) is 15.1. The molecular weight excluding hydrogens is 368 g/mol. The lowest BCUT2D eigenvalue weighted by Crippen LogP contribution is -2.35. The van der Waals surface area contributed by atoms with Gasteiger partial charge in [-0.25, -0.2) is 4.98 Å². The van der Waals surface area contributed by atoms with Crippen molar-refractivity contribution in [3.8, 4) is 5.75 Å². The Balaban J connectivity index is 1.40. The number of methoxy groups -OCH3 is 1. The van der Waals surface area contributed by atoms with Gasteiger partial charge in [0.15, 0.2) is 0 Å². The number of morpholine rings is 1. The van der Waals surface area contributed by atoms with Crippen LogP contribution < -0.4 is 10.1 Å². The predicted octanol–water partition coefficient (Wildman–Crippen LogP) is 3.06. The number of anilines is 1. The van der Waals surface area contributed by atoms with E-state index in [0.29, 0.717) is 0 Å².